The number of nitrogens with zero attached hydrogens (tertiary/aromatic N) is 2. The first-order valence-electron chi connectivity index (χ1n) is 6.80. The van der Waals surface area contributed by atoms with Crippen LogP contribution in [0, 0.1) is 6.92 Å². The molecule has 0 amide bonds. The second-order valence-corrected chi connectivity index (χ2v) is 6.98. The number of nitrogen functional groups attached to an aromatic ring is 1. The number of para-hydroxylation sites is 1. The predicted octanol–water partition coefficient (Wildman–Crippen LogP) is 1.33. The highest BCUT2D eigenvalue weighted by atomic mass is 32.2. The van der Waals surface area contributed by atoms with Crippen molar-refractivity contribution in [2.45, 2.75) is 24.3 Å². The zero-order valence-corrected chi connectivity index (χ0v) is 13.1. The van der Waals surface area contributed by atoms with Gasteiger partial charge in [-0.1, -0.05) is 23.4 Å². The summed E-state index contributed by atoms with van der Waals surface area (Å²) in [5.41, 5.74) is 7.23. The van der Waals surface area contributed by atoms with Crippen LogP contribution < -0.4 is 10.0 Å². The minimum Gasteiger partial charge on any atom is -0.380 e. The molecule has 8 heteroatoms. The number of fused-ring (bicyclic) bond motifs is 1. The van der Waals surface area contributed by atoms with E-state index in [0.717, 1.165) is 5.56 Å². The van der Waals surface area contributed by atoms with E-state index in [1.54, 1.807) is 19.2 Å². The molecule has 118 valence electrons. The lowest BCUT2D eigenvalue weighted by atomic mass is 10.0. The van der Waals surface area contributed by atoms with Crippen molar-refractivity contribution < 1.29 is 17.7 Å². The zero-order valence-electron chi connectivity index (χ0n) is 12.3. The van der Waals surface area contributed by atoms with E-state index in [1.807, 2.05) is 12.1 Å². The maximum absolute atomic E-state index is 13.0. The molecule has 1 aromatic carbocycles. The topological polar surface area (TPSA) is 98.7 Å². The minimum absolute atomic E-state index is 0.0842. The highest BCUT2D eigenvalue weighted by Gasteiger charge is 2.37. The number of hydrogen-bond acceptors (Lipinski definition) is 6. The van der Waals surface area contributed by atoms with Gasteiger partial charge in [0.15, 0.2) is 16.5 Å². The Hall–Kier alpha value is -2.06. The minimum atomic E-state index is -3.86. The van der Waals surface area contributed by atoms with Crippen LogP contribution in [0.1, 0.15) is 11.3 Å². The van der Waals surface area contributed by atoms with Crippen molar-refractivity contribution in [2.24, 2.45) is 0 Å². The Labute approximate surface area is 128 Å². The molecule has 1 aliphatic rings. The smallest absolute Gasteiger partial charge is 0.271 e. The number of aryl methyl sites for hydroxylation is 1. The fourth-order valence-electron chi connectivity index (χ4n) is 2.71. The van der Waals surface area contributed by atoms with Crippen molar-refractivity contribution >= 4 is 21.5 Å². The van der Waals surface area contributed by atoms with E-state index in [-0.39, 0.29) is 29.1 Å². The zero-order chi connectivity index (χ0) is 15.9. The average Bonchev–Trinajstić information content (AvgIpc) is 2.85. The van der Waals surface area contributed by atoms with Gasteiger partial charge in [0.25, 0.3) is 10.0 Å². The summed E-state index contributed by atoms with van der Waals surface area (Å²) >= 11 is 0. The van der Waals surface area contributed by atoms with Gasteiger partial charge in [0.1, 0.15) is 0 Å². The maximum Gasteiger partial charge on any atom is 0.271 e. The molecule has 0 bridgehead atoms. The number of nitrogens with two attached hydrogens (primary N) is 1. The molecule has 1 atom stereocenters. The van der Waals surface area contributed by atoms with Crippen molar-refractivity contribution in [3.05, 3.63) is 35.6 Å². The third kappa shape index (κ3) is 2.24. The number of sulfonamides is 1. The number of ether oxygens (including phenoxy) is 1. The number of rotatable bonds is 3. The highest BCUT2D eigenvalue weighted by molar-refractivity contribution is 7.93. The molecule has 2 N–H and O–H groups in total. The van der Waals surface area contributed by atoms with E-state index in [9.17, 15) is 8.42 Å². The first-order valence-corrected chi connectivity index (χ1v) is 8.24. The number of hydrogen-bond donors (Lipinski definition) is 1. The molecule has 1 unspecified atom stereocenters. The summed E-state index contributed by atoms with van der Waals surface area (Å²) in [4.78, 5) is -0.0842. The number of methoxy groups -OCH3 is 1. The van der Waals surface area contributed by atoms with Crippen LogP contribution in [0.15, 0.2) is 33.7 Å². The number of anilines is 2. The number of benzene rings is 1. The van der Waals surface area contributed by atoms with Crippen molar-refractivity contribution in [3.63, 3.8) is 0 Å². The Morgan fingerprint density at radius 1 is 1.41 bits per heavy atom. The Bertz CT molecular complexity index is 781. The van der Waals surface area contributed by atoms with Gasteiger partial charge in [-0.2, -0.15) is 0 Å². The van der Waals surface area contributed by atoms with Gasteiger partial charge in [-0.25, -0.2) is 8.42 Å². The molecule has 0 fully saturated rings. The van der Waals surface area contributed by atoms with Crippen LogP contribution >= 0.6 is 0 Å². The largest absolute Gasteiger partial charge is 0.380 e. The molecule has 3 rings (SSSR count). The van der Waals surface area contributed by atoms with Crippen LogP contribution in [-0.4, -0.2) is 33.3 Å². The Morgan fingerprint density at radius 3 is 2.77 bits per heavy atom. The van der Waals surface area contributed by atoms with E-state index in [2.05, 4.69) is 5.16 Å². The fourth-order valence-corrected chi connectivity index (χ4v) is 4.43. The van der Waals surface area contributed by atoms with E-state index in [1.165, 1.54) is 11.2 Å². The summed E-state index contributed by atoms with van der Waals surface area (Å²) in [6, 6.07) is 7.35. The summed E-state index contributed by atoms with van der Waals surface area (Å²) in [5, 5.41) is 3.54. The van der Waals surface area contributed by atoms with Crippen LogP contribution in [0.2, 0.25) is 0 Å². The molecule has 0 radical (unpaired) electrons. The van der Waals surface area contributed by atoms with Crippen molar-refractivity contribution in [2.75, 3.05) is 23.7 Å². The molecule has 0 saturated carbocycles. The Kier molecular flexibility index (Phi) is 3.57. The van der Waals surface area contributed by atoms with E-state index < -0.39 is 10.0 Å². The second-order valence-electron chi connectivity index (χ2n) is 5.18. The van der Waals surface area contributed by atoms with Gasteiger partial charge in [-0.3, -0.25) is 4.31 Å². The molecule has 22 heavy (non-hydrogen) atoms. The third-order valence-corrected chi connectivity index (χ3v) is 5.73. The molecular weight excluding hydrogens is 306 g/mol. The van der Waals surface area contributed by atoms with Gasteiger partial charge >= 0.3 is 0 Å². The van der Waals surface area contributed by atoms with Crippen LogP contribution in [0.5, 0.6) is 0 Å². The fraction of sp³-hybridized carbons (Fsp3) is 0.357. The first kappa shape index (κ1) is 14.9. The van der Waals surface area contributed by atoms with Gasteiger partial charge in [0.2, 0.25) is 0 Å². The highest BCUT2D eigenvalue weighted by Crippen LogP contribution is 2.35. The van der Waals surface area contributed by atoms with Crippen molar-refractivity contribution in [1.29, 1.82) is 0 Å². The normalized spacial score (nSPS) is 18.3. The van der Waals surface area contributed by atoms with E-state index in [0.29, 0.717) is 12.1 Å². The predicted molar refractivity (Wildman–Crippen MR) is 81.1 cm³/mol. The standard InChI is InChI=1S/C14H17N3O4S/c1-9-13(14(15)16-21-9)22(18,19)17-8-11(20-2)7-10-5-3-4-6-12(10)17/h3-6,11H,7-8H2,1-2H3,(H2,15,16). The Morgan fingerprint density at radius 2 is 2.14 bits per heavy atom. The lowest BCUT2D eigenvalue weighted by molar-refractivity contribution is 0.108. The quantitative estimate of drug-likeness (QED) is 0.915. The molecule has 1 aromatic heterocycles. The molecule has 0 aliphatic carbocycles. The van der Waals surface area contributed by atoms with Crippen LogP contribution in [0.3, 0.4) is 0 Å². The summed E-state index contributed by atoms with van der Waals surface area (Å²) in [6.07, 6.45) is 0.447. The molecule has 1 aliphatic heterocycles. The third-order valence-electron chi connectivity index (χ3n) is 3.79. The van der Waals surface area contributed by atoms with Crippen LogP contribution in [0.4, 0.5) is 11.5 Å². The van der Waals surface area contributed by atoms with Gasteiger partial charge in [-0.05, 0) is 18.6 Å². The summed E-state index contributed by atoms with van der Waals surface area (Å²) in [5.74, 6) is 0.0454. The van der Waals surface area contributed by atoms with Crippen molar-refractivity contribution in [1.82, 2.24) is 5.16 Å². The van der Waals surface area contributed by atoms with Crippen LogP contribution in [-0.2, 0) is 21.2 Å². The molecule has 0 saturated heterocycles. The lowest BCUT2D eigenvalue weighted by Gasteiger charge is -2.34. The summed E-state index contributed by atoms with van der Waals surface area (Å²) < 4.78 is 37.6. The van der Waals surface area contributed by atoms with Gasteiger partial charge < -0.3 is 15.0 Å². The van der Waals surface area contributed by atoms with Crippen LogP contribution in [0.25, 0.3) is 0 Å². The van der Waals surface area contributed by atoms with Gasteiger partial charge in [-0.15, -0.1) is 0 Å². The molecule has 0 spiro atoms. The lowest BCUT2D eigenvalue weighted by Crippen LogP contribution is -2.43. The monoisotopic (exact) mass is 323 g/mol. The SMILES string of the molecule is COC1Cc2ccccc2N(S(=O)(=O)c2c(N)noc2C)C1. The van der Waals surface area contributed by atoms with Gasteiger partial charge in [0, 0.05) is 13.5 Å². The summed E-state index contributed by atoms with van der Waals surface area (Å²) in [6.45, 7) is 1.75. The van der Waals surface area contributed by atoms with E-state index >= 15 is 0 Å². The first-order chi connectivity index (χ1) is 10.4. The second kappa shape index (κ2) is 5.29. The van der Waals surface area contributed by atoms with Gasteiger partial charge in [0.05, 0.1) is 18.3 Å². The number of aromatic nitrogens is 1. The summed E-state index contributed by atoms with van der Waals surface area (Å²) in [7, 11) is -2.29. The average molecular weight is 323 g/mol. The Balaban J connectivity index is 2.15. The molecule has 2 heterocycles. The van der Waals surface area contributed by atoms with E-state index in [4.69, 9.17) is 15.0 Å². The molecular formula is C14H17N3O4S. The maximum atomic E-state index is 13.0. The molecule has 2 aromatic rings. The van der Waals surface area contributed by atoms with Crippen molar-refractivity contribution in [3.8, 4) is 0 Å². The molecule has 7 nitrogen and oxygen atoms in total.